The molecule has 0 aromatic heterocycles. The Labute approximate surface area is 139 Å². The van der Waals surface area contributed by atoms with E-state index in [1.54, 1.807) is 19.2 Å². The number of hydrogen-bond acceptors (Lipinski definition) is 2. The van der Waals surface area contributed by atoms with Crippen molar-refractivity contribution in [3.05, 3.63) is 64.1 Å². The summed E-state index contributed by atoms with van der Waals surface area (Å²) in [5, 5.41) is 3.03. The summed E-state index contributed by atoms with van der Waals surface area (Å²) in [6.07, 6.45) is 1.84. The van der Waals surface area contributed by atoms with Crippen molar-refractivity contribution in [1.82, 2.24) is 5.32 Å². The van der Waals surface area contributed by atoms with Crippen LogP contribution in [0.5, 0.6) is 5.75 Å². The monoisotopic (exact) mass is 361 g/mol. The Balaban J connectivity index is 1.95. The summed E-state index contributed by atoms with van der Waals surface area (Å²) in [7, 11) is 1.57. The van der Waals surface area contributed by atoms with Crippen molar-refractivity contribution in [2.24, 2.45) is 0 Å². The molecule has 4 heteroatoms. The van der Waals surface area contributed by atoms with E-state index in [2.05, 4.69) is 33.4 Å². The number of nitrogens with one attached hydrogen (secondary N) is 1. The van der Waals surface area contributed by atoms with Crippen molar-refractivity contribution in [3.63, 3.8) is 0 Å². The second-order valence-corrected chi connectivity index (χ2v) is 6.16. The summed E-state index contributed by atoms with van der Waals surface area (Å²) in [4.78, 5) is 12.4. The summed E-state index contributed by atoms with van der Waals surface area (Å²) in [5.74, 6) is 0.467. The molecule has 0 unspecified atom stereocenters. The average Bonchev–Trinajstić information content (AvgIpc) is 2.54. The number of aryl methyl sites for hydroxylation is 1. The molecule has 0 heterocycles. The molecule has 0 aliphatic heterocycles. The van der Waals surface area contributed by atoms with Gasteiger partial charge in [0.1, 0.15) is 5.75 Å². The highest BCUT2D eigenvalue weighted by Crippen LogP contribution is 2.23. The van der Waals surface area contributed by atoms with Gasteiger partial charge in [0.2, 0.25) is 0 Å². The van der Waals surface area contributed by atoms with E-state index in [1.807, 2.05) is 31.2 Å². The van der Waals surface area contributed by atoms with E-state index >= 15 is 0 Å². The molecule has 1 atom stereocenters. The standard InChI is InChI=1S/C18H20BrNO2/c1-13(8-9-14-6-4-3-5-7-14)20-18(21)16-12-15(19)10-11-17(16)22-2/h3-7,10-13H,8-9H2,1-2H3,(H,20,21)/t13-/m0/s1. The molecule has 116 valence electrons. The van der Waals surface area contributed by atoms with E-state index in [-0.39, 0.29) is 11.9 Å². The molecule has 0 saturated carbocycles. The number of carbonyl (C=O) groups excluding carboxylic acids is 1. The maximum Gasteiger partial charge on any atom is 0.255 e. The zero-order chi connectivity index (χ0) is 15.9. The van der Waals surface area contributed by atoms with Crippen LogP contribution in [-0.2, 0) is 6.42 Å². The van der Waals surface area contributed by atoms with Crippen LogP contribution in [0.3, 0.4) is 0 Å². The summed E-state index contributed by atoms with van der Waals surface area (Å²) < 4.78 is 6.11. The molecular weight excluding hydrogens is 342 g/mol. The van der Waals surface area contributed by atoms with Gasteiger partial charge in [-0.1, -0.05) is 46.3 Å². The van der Waals surface area contributed by atoms with Crippen LogP contribution in [0.1, 0.15) is 29.3 Å². The van der Waals surface area contributed by atoms with Crippen LogP contribution in [-0.4, -0.2) is 19.1 Å². The van der Waals surface area contributed by atoms with Gasteiger partial charge in [0.05, 0.1) is 12.7 Å². The van der Waals surface area contributed by atoms with Gasteiger partial charge in [0, 0.05) is 10.5 Å². The fourth-order valence-electron chi connectivity index (χ4n) is 2.26. The molecule has 1 amide bonds. The number of carbonyl (C=O) groups is 1. The second-order valence-electron chi connectivity index (χ2n) is 5.24. The zero-order valence-corrected chi connectivity index (χ0v) is 14.4. The fraction of sp³-hybridized carbons (Fsp3) is 0.278. The van der Waals surface area contributed by atoms with Crippen molar-refractivity contribution >= 4 is 21.8 Å². The lowest BCUT2D eigenvalue weighted by atomic mass is 10.1. The molecule has 2 rings (SSSR count). The first-order valence-corrected chi connectivity index (χ1v) is 8.08. The Morgan fingerprint density at radius 1 is 1.23 bits per heavy atom. The topological polar surface area (TPSA) is 38.3 Å². The lowest BCUT2D eigenvalue weighted by Gasteiger charge is -2.15. The third-order valence-corrected chi connectivity index (χ3v) is 3.99. The van der Waals surface area contributed by atoms with Crippen LogP contribution in [0, 0.1) is 0 Å². The van der Waals surface area contributed by atoms with E-state index in [9.17, 15) is 4.79 Å². The molecule has 0 spiro atoms. The van der Waals surface area contributed by atoms with Crippen LogP contribution in [0.4, 0.5) is 0 Å². The number of ether oxygens (including phenoxy) is 1. The van der Waals surface area contributed by atoms with Crippen molar-refractivity contribution in [2.75, 3.05) is 7.11 Å². The van der Waals surface area contributed by atoms with Crippen LogP contribution in [0.15, 0.2) is 53.0 Å². The smallest absolute Gasteiger partial charge is 0.255 e. The van der Waals surface area contributed by atoms with Crippen LogP contribution < -0.4 is 10.1 Å². The summed E-state index contributed by atoms with van der Waals surface area (Å²) in [5.41, 5.74) is 1.83. The predicted molar refractivity (Wildman–Crippen MR) is 92.4 cm³/mol. The third-order valence-electron chi connectivity index (χ3n) is 3.49. The molecule has 3 nitrogen and oxygen atoms in total. The first-order valence-electron chi connectivity index (χ1n) is 7.28. The lowest BCUT2D eigenvalue weighted by Crippen LogP contribution is -2.33. The van der Waals surface area contributed by atoms with Crippen LogP contribution in [0.25, 0.3) is 0 Å². The largest absolute Gasteiger partial charge is 0.496 e. The molecule has 0 saturated heterocycles. The van der Waals surface area contributed by atoms with Gasteiger partial charge in [-0.25, -0.2) is 0 Å². The van der Waals surface area contributed by atoms with Gasteiger partial charge in [-0.05, 0) is 43.5 Å². The zero-order valence-electron chi connectivity index (χ0n) is 12.8. The Bertz CT molecular complexity index is 628. The number of methoxy groups -OCH3 is 1. The Morgan fingerprint density at radius 3 is 2.64 bits per heavy atom. The van der Waals surface area contributed by atoms with Gasteiger partial charge in [0.15, 0.2) is 0 Å². The lowest BCUT2D eigenvalue weighted by molar-refractivity contribution is 0.0935. The molecule has 0 aliphatic carbocycles. The van der Waals surface area contributed by atoms with Gasteiger partial charge in [-0.15, -0.1) is 0 Å². The van der Waals surface area contributed by atoms with Crippen LogP contribution in [0.2, 0.25) is 0 Å². The Kier molecular flexibility index (Phi) is 6.01. The van der Waals surface area contributed by atoms with Gasteiger partial charge < -0.3 is 10.1 Å². The normalized spacial score (nSPS) is 11.8. The minimum Gasteiger partial charge on any atom is -0.496 e. The van der Waals surface area contributed by atoms with Crippen molar-refractivity contribution in [3.8, 4) is 5.75 Å². The second kappa shape index (κ2) is 7.99. The maximum absolute atomic E-state index is 12.4. The molecule has 0 fully saturated rings. The molecule has 0 radical (unpaired) electrons. The third kappa shape index (κ3) is 4.60. The number of rotatable bonds is 6. The minimum atomic E-state index is -0.112. The van der Waals surface area contributed by atoms with E-state index < -0.39 is 0 Å². The van der Waals surface area contributed by atoms with E-state index in [4.69, 9.17) is 4.74 Å². The van der Waals surface area contributed by atoms with Crippen molar-refractivity contribution < 1.29 is 9.53 Å². The van der Waals surface area contributed by atoms with Crippen molar-refractivity contribution in [1.29, 1.82) is 0 Å². The molecule has 2 aromatic rings. The number of amides is 1. The number of hydrogen-bond donors (Lipinski definition) is 1. The number of benzene rings is 2. The average molecular weight is 362 g/mol. The van der Waals surface area contributed by atoms with Gasteiger partial charge in [-0.2, -0.15) is 0 Å². The molecule has 0 bridgehead atoms. The SMILES string of the molecule is COc1ccc(Br)cc1C(=O)N[C@@H](C)CCc1ccccc1. The van der Waals surface area contributed by atoms with Crippen LogP contribution >= 0.6 is 15.9 Å². The number of halogens is 1. The Morgan fingerprint density at radius 2 is 1.95 bits per heavy atom. The molecule has 22 heavy (non-hydrogen) atoms. The summed E-state index contributed by atoms with van der Waals surface area (Å²) in [6.45, 7) is 2.02. The summed E-state index contributed by atoms with van der Waals surface area (Å²) in [6, 6.07) is 15.8. The highest BCUT2D eigenvalue weighted by Gasteiger charge is 2.15. The van der Waals surface area contributed by atoms with Gasteiger partial charge in [0.25, 0.3) is 5.91 Å². The summed E-state index contributed by atoms with van der Waals surface area (Å²) >= 11 is 3.39. The molecular formula is C18H20BrNO2. The maximum atomic E-state index is 12.4. The molecule has 2 aromatic carbocycles. The highest BCUT2D eigenvalue weighted by molar-refractivity contribution is 9.10. The minimum absolute atomic E-state index is 0.0939. The first-order chi connectivity index (χ1) is 10.6. The quantitative estimate of drug-likeness (QED) is 0.836. The molecule has 0 aliphatic rings. The van der Waals surface area contributed by atoms with E-state index in [1.165, 1.54) is 5.56 Å². The predicted octanol–water partition coefficient (Wildman–Crippen LogP) is 4.21. The van der Waals surface area contributed by atoms with Gasteiger partial charge in [-0.3, -0.25) is 4.79 Å². The highest BCUT2D eigenvalue weighted by atomic mass is 79.9. The van der Waals surface area contributed by atoms with Crippen molar-refractivity contribution in [2.45, 2.75) is 25.8 Å². The fourth-order valence-corrected chi connectivity index (χ4v) is 2.62. The Hall–Kier alpha value is -1.81. The van der Waals surface area contributed by atoms with E-state index in [0.717, 1.165) is 17.3 Å². The molecule has 1 N–H and O–H groups in total. The van der Waals surface area contributed by atoms with Gasteiger partial charge >= 0.3 is 0 Å². The first kappa shape index (κ1) is 16.6. The van der Waals surface area contributed by atoms with E-state index in [0.29, 0.717) is 11.3 Å².